The maximum absolute atomic E-state index is 12.5. The molecule has 3 rings (SSSR count). The Bertz CT molecular complexity index is 949. The number of rotatable bonds is 6. The van der Waals surface area contributed by atoms with Crippen molar-refractivity contribution in [3.63, 3.8) is 0 Å². The normalized spacial score (nSPS) is 17.0. The summed E-state index contributed by atoms with van der Waals surface area (Å²) >= 11 is 0. The Labute approximate surface area is 148 Å². The smallest absolute Gasteiger partial charge is 0.225 e. The predicted octanol–water partition coefficient (Wildman–Crippen LogP) is 1.73. The topological polar surface area (TPSA) is 106 Å². The fourth-order valence-electron chi connectivity index (χ4n) is 3.09. The Balaban J connectivity index is 1.78. The van der Waals surface area contributed by atoms with E-state index in [2.05, 4.69) is 4.72 Å². The van der Waals surface area contributed by atoms with E-state index in [1.54, 1.807) is 0 Å². The van der Waals surface area contributed by atoms with Gasteiger partial charge >= 0.3 is 0 Å². The van der Waals surface area contributed by atoms with Crippen molar-refractivity contribution in [2.75, 3.05) is 6.54 Å². The van der Waals surface area contributed by atoms with E-state index in [-0.39, 0.29) is 15.2 Å². The van der Waals surface area contributed by atoms with Gasteiger partial charge in [-0.25, -0.2) is 26.7 Å². The molecule has 0 radical (unpaired) electrons. The second-order valence-electron chi connectivity index (χ2n) is 6.34. The summed E-state index contributed by atoms with van der Waals surface area (Å²) in [5.41, 5.74) is 0.961. The van der Waals surface area contributed by atoms with Gasteiger partial charge in [0.15, 0.2) is 0 Å². The molecule has 1 aliphatic carbocycles. The Kier molecular flexibility index (Phi) is 4.72. The molecular weight excluding hydrogens is 360 g/mol. The molecule has 6 nitrogen and oxygen atoms in total. The third-order valence-corrected chi connectivity index (χ3v) is 7.11. The quantitative estimate of drug-likeness (QED) is 0.796. The summed E-state index contributed by atoms with van der Waals surface area (Å²) in [6.45, 7) is 0.316. The molecule has 1 fully saturated rings. The molecule has 0 aliphatic heterocycles. The zero-order chi connectivity index (χ0) is 18.1. The van der Waals surface area contributed by atoms with Gasteiger partial charge in [0.1, 0.15) is 0 Å². The predicted molar refractivity (Wildman–Crippen MR) is 95.0 cm³/mol. The third kappa shape index (κ3) is 3.77. The maximum Gasteiger partial charge on any atom is 0.240 e. The van der Waals surface area contributed by atoms with Crippen molar-refractivity contribution < 1.29 is 16.8 Å². The van der Waals surface area contributed by atoms with E-state index < -0.39 is 20.0 Å². The van der Waals surface area contributed by atoms with Crippen molar-refractivity contribution in [1.82, 2.24) is 4.72 Å². The summed E-state index contributed by atoms with van der Waals surface area (Å²) in [7, 11) is -7.57. The molecule has 0 saturated heterocycles. The van der Waals surface area contributed by atoms with Crippen LogP contribution in [0, 0.1) is 0 Å². The van der Waals surface area contributed by atoms with Gasteiger partial charge in [-0.15, -0.1) is 0 Å². The highest BCUT2D eigenvalue weighted by Gasteiger charge is 2.39. The molecule has 0 bridgehead atoms. The van der Waals surface area contributed by atoms with Gasteiger partial charge in [-0.3, -0.25) is 0 Å². The van der Waals surface area contributed by atoms with Crippen LogP contribution in [0.4, 0.5) is 0 Å². The number of nitrogens with one attached hydrogen (secondary N) is 1. The second-order valence-corrected chi connectivity index (χ2v) is 9.67. The van der Waals surface area contributed by atoms with Crippen LogP contribution in [0.5, 0.6) is 0 Å². The third-order valence-electron chi connectivity index (χ3n) is 4.76. The van der Waals surface area contributed by atoms with Gasteiger partial charge in [0.25, 0.3) is 0 Å². The van der Waals surface area contributed by atoms with Crippen LogP contribution >= 0.6 is 0 Å². The Morgan fingerprint density at radius 1 is 0.880 bits per heavy atom. The van der Waals surface area contributed by atoms with E-state index in [0.717, 1.165) is 24.8 Å². The van der Waals surface area contributed by atoms with Crippen LogP contribution < -0.4 is 9.86 Å². The first-order chi connectivity index (χ1) is 11.7. The lowest BCUT2D eigenvalue weighted by atomic mass is 9.64. The van der Waals surface area contributed by atoms with Gasteiger partial charge in [-0.05, 0) is 42.7 Å². The lowest BCUT2D eigenvalue weighted by molar-refractivity contribution is 0.245. The van der Waals surface area contributed by atoms with Gasteiger partial charge in [-0.2, -0.15) is 0 Å². The summed E-state index contributed by atoms with van der Waals surface area (Å²) in [6.07, 6.45) is 2.94. The summed E-state index contributed by atoms with van der Waals surface area (Å²) < 4.78 is 50.2. The molecule has 1 saturated carbocycles. The second kappa shape index (κ2) is 6.53. The molecule has 0 amide bonds. The van der Waals surface area contributed by atoms with Crippen LogP contribution in [0.3, 0.4) is 0 Å². The van der Waals surface area contributed by atoms with Gasteiger partial charge < -0.3 is 0 Å². The minimum absolute atomic E-state index is 0.0161. The molecule has 2 aromatic rings. The van der Waals surface area contributed by atoms with Gasteiger partial charge in [0.2, 0.25) is 20.0 Å². The number of nitrogens with two attached hydrogens (primary N) is 1. The van der Waals surface area contributed by atoms with Gasteiger partial charge in [-0.1, -0.05) is 36.8 Å². The summed E-state index contributed by atoms with van der Waals surface area (Å²) in [6, 6.07) is 14.8. The first kappa shape index (κ1) is 18.1. The zero-order valence-electron chi connectivity index (χ0n) is 13.6. The number of primary sulfonamides is 1. The van der Waals surface area contributed by atoms with E-state index in [4.69, 9.17) is 5.14 Å². The van der Waals surface area contributed by atoms with Crippen molar-refractivity contribution >= 4 is 20.0 Å². The highest BCUT2D eigenvalue weighted by atomic mass is 32.2. The fraction of sp³-hybridized carbons (Fsp3) is 0.294. The Hall–Kier alpha value is -1.74. The molecule has 2 aromatic carbocycles. The van der Waals surface area contributed by atoms with Crippen LogP contribution in [-0.4, -0.2) is 23.4 Å². The first-order valence-corrected chi connectivity index (χ1v) is 10.9. The van der Waals surface area contributed by atoms with Crippen molar-refractivity contribution in [3.05, 3.63) is 60.2 Å². The molecule has 0 spiro atoms. The van der Waals surface area contributed by atoms with Crippen molar-refractivity contribution in [2.24, 2.45) is 5.14 Å². The molecule has 0 aromatic heterocycles. The number of hydrogen-bond acceptors (Lipinski definition) is 4. The van der Waals surface area contributed by atoms with E-state index in [1.807, 2.05) is 30.3 Å². The zero-order valence-corrected chi connectivity index (χ0v) is 15.2. The van der Waals surface area contributed by atoms with Crippen LogP contribution in [0.25, 0.3) is 0 Å². The maximum atomic E-state index is 12.5. The lowest BCUT2D eigenvalue weighted by Gasteiger charge is -2.42. The van der Waals surface area contributed by atoms with E-state index >= 15 is 0 Å². The number of hydrogen-bond donors (Lipinski definition) is 2. The Morgan fingerprint density at radius 3 is 1.92 bits per heavy atom. The fourth-order valence-corrected chi connectivity index (χ4v) is 4.73. The molecule has 1 aliphatic rings. The Morgan fingerprint density at radius 2 is 1.44 bits per heavy atom. The number of benzene rings is 2. The highest BCUT2D eigenvalue weighted by molar-refractivity contribution is 7.89. The average Bonchev–Trinajstić information content (AvgIpc) is 2.54. The monoisotopic (exact) mass is 380 g/mol. The molecular formula is C17H20N2O4S2. The molecule has 0 atom stereocenters. The largest absolute Gasteiger partial charge is 0.240 e. The SMILES string of the molecule is NS(=O)(=O)c1ccc(S(=O)(=O)NCC2(c3ccccc3)CCC2)cc1. The van der Waals surface area contributed by atoms with Crippen molar-refractivity contribution in [2.45, 2.75) is 34.5 Å². The minimum Gasteiger partial charge on any atom is -0.225 e. The summed E-state index contributed by atoms with van der Waals surface area (Å²) in [5, 5.41) is 5.03. The van der Waals surface area contributed by atoms with E-state index in [1.165, 1.54) is 24.3 Å². The average molecular weight is 380 g/mol. The molecule has 0 heterocycles. The van der Waals surface area contributed by atoms with E-state index in [9.17, 15) is 16.8 Å². The molecule has 25 heavy (non-hydrogen) atoms. The summed E-state index contributed by atoms with van der Waals surface area (Å²) in [5.74, 6) is 0. The van der Waals surface area contributed by atoms with Crippen molar-refractivity contribution in [1.29, 1.82) is 0 Å². The minimum atomic E-state index is -3.85. The summed E-state index contributed by atoms with van der Waals surface area (Å²) in [4.78, 5) is -0.103. The molecule has 134 valence electrons. The van der Waals surface area contributed by atoms with E-state index in [0.29, 0.717) is 6.54 Å². The number of sulfonamides is 2. The van der Waals surface area contributed by atoms with Crippen molar-refractivity contribution in [3.8, 4) is 0 Å². The van der Waals surface area contributed by atoms with Gasteiger partial charge in [0, 0.05) is 12.0 Å². The molecule has 0 unspecified atom stereocenters. The van der Waals surface area contributed by atoms with Gasteiger partial charge in [0.05, 0.1) is 9.79 Å². The molecule has 8 heteroatoms. The van der Waals surface area contributed by atoms with Crippen LogP contribution in [-0.2, 0) is 25.5 Å². The highest BCUT2D eigenvalue weighted by Crippen LogP contribution is 2.43. The van der Waals surface area contributed by atoms with Crippen LogP contribution in [0.1, 0.15) is 24.8 Å². The molecule has 3 N–H and O–H groups in total. The standard InChI is InChI=1S/C17H20N2O4S2/c18-24(20,21)15-7-9-16(10-8-15)25(22,23)19-13-17(11-4-12-17)14-5-2-1-3-6-14/h1-3,5-10,19H,4,11-13H2,(H2,18,20,21). The van der Waals surface area contributed by atoms with Crippen LogP contribution in [0.2, 0.25) is 0 Å². The lowest BCUT2D eigenvalue weighted by Crippen LogP contribution is -2.45. The first-order valence-electron chi connectivity index (χ1n) is 7.91. The van der Waals surface area contributed by atoms with Crippen LogP contribution in [0.15, 0.2) is 64.4 Å².